The van der Waals surface area contributed by atoms with Gasteiger partial charge in [0.1, 0.15) is 5.57 Å². The number of carbonyl (C=O) groups excluding carboxylic acids is 4. The molecule has 1 aromatic heterocycles. The summed E-state index contributed by atoms with van der Waals surface area (Å²) in [6, 6.07) is 13.7. The summed E-state index contributed by atoms with van der Waals surface area (Å²) in [4.78, 5) is 49.4. The Morgan fingerprint density at radius 2 is 1.80 bits per heavy atom. The van der Waals surface area contributed by atoms with Gasteiger partial charge in [-0.05, 0) is 67.1 Å². The van der Waals surface area contributed by atoms with Crippen molar-refractivity contribution in [1.29, 1.82) is 0 Å². The molecule has 2 heterocycles. The number of amides is 2. The average Bonchev–Trinajstić information content (AvgIpc) is 3.50. The van der Waals surface area contributed by atoms with Crippen molar-refractivity contribution in [3.8, 4) is 11.5 Å². The van der Waals surface area contributed by atoms with Gasteiger partial charge in [-0.2, -0.15) is 0 Å². The quantitative estimate of drug-likeness (QED) is 0.239. The number of nitrogens with one attached hydrogen (secondary N) is 1. The number of hydrogen-bond acceptors (Lipinski definition) is 8. The summed E-state index contributed by atoms with van der Waals surface area (Å²) >= 11 is 0. The highest BCUT2D eigenvalue weighted by Gasteiger charge is 2.34. The summed E-state index contributed by atoms with van der Waals surface area (Å²) in [5.41, 5.74) is 3.55. The number of nitrogens with zero attached hydrogens (tertiary/aromatic N) is 1. The van der Waals surface area contributed by atoms with Crippen molar-refractivity contribution in [2.24, 2.45) is 0 Å². The van der Waals surface area contributed by atoms with Gasteiger partial charge in [0.05, 0.1) is 31.2 Å². The number of rotatable bonds is 7. The van der Waals surface area contributed by atoms with Gasteiger partial charge in [0, 0.05) is 0 Å². The minimum Gasteiger partial charge on any atom is -0.493 e. The van der Waals surface area contributed by atoms with Crippen LogP contribution in [-0.2, 0) is 14.3 Å². The molecule has 1 aliphatic rings. The normalized spacial score (nSPS) is 14.1. The van der Waals surface area contributed by atoms with Crippen molar-refractivity contribution in [2.75, 3.05) is 18.7 Å². The van der Waals surface area contributed by atoms with E-state index in [1.165, 1.54) is 61.9 Å². The number of furan rings is 1. The van der Waals surface area contributed by atoms with E-state index >= 15 is 0 Å². The SMILES string of the molecule is CCOC(=O)c1ccc(N2NC(=O)/C(=C/c3ccc(OC(=O)c4ccco4)c(OC)c3)C2=O)cc1. The van der Waals surface area contributed by atoms with Crippen LogP contribution < -0.4 is 19.9 Å². The Morgan fingerprint density at radius 1 is 1.03 bits per heavy atom. The van der Waals surface area contributed by atoms with Gasteiger partial charge in [-0.3, -0.25) is 15.0 Å². The van der Waals surface area contributed by atoms with Crippen LogP contribution >= 0.6 is 0 Å². The summed E-state index contributed by atoms with van der Waals surface area (Å²) in [6.07, 6.45) is 2.75. The van der Waals surface area contributed by atoms with Gasteiger partial charge >= 0.3 is 11.9 Å². The second kappa shape index (κ2) is 9.96. The number of benzene rings is 2. The predicted octanol–water partition coefficient (Wildman–Crippen LogP) is 3.15. The van der Waals surface area contributed by atoms with E-state index in [1.54, 1.807) is 19.1 Å². The molecule has 0 aliphatic carbocycles. The molecule has 1 aliphatic heterocycles. The Morgan fingerprint density at radius 3 is 2.46 bits per heavy atom. The third-order valence-electron chi connectivity index (χ3n) is 4.95. The van der Waals surface area contributed by atoms with Crippen molar-refractivity contribution in [2.45, 2.75) is 6.92 Å². The van der Waals surface area contributed by atoms with Gasteiger partial charge in [0.15, 0.2) is 11.5 Å². The Balaban J connectivity index is 1.53. The van der Waals surface area contributed by atoms with Crippen LogP contribution in [0.1, 0.15) is 33.4 Å². The van der Waals surface area contributed by atoms with Gasteiger partial charge in [0.25, 0.3) is 11.8 Å². The van der Waals surface area contributed by atoms with Crippen LogP contribution in [0.25, 0.3) is 6.08 Å². The van der Waals surface area contributed by atoms with Crippen molar-refractivity contribution in [3.63, 3.8) is 0 Å². The lowest BCUT2D eigenvalue weighted by atomic mass is 10.1. The molecule has 10 nitrogen and oxygen atoms in total. The smallest absolute Gasteiger partial charge is 0.379 e. The van der Waals surface area contributed by atoms with E-state index < -0.39 is 23.8 Å². The molecular weight excluding hydrogens is 456 g/mol. The molecule has 10 heteroatoms. The Kier molecular flexibility index (Phi) is 6.63. The standard InChI is InChI=1S/C25H20N2O8/c1-3-33-24(30)16-7-9-17(10-8-16)27-23(29)18(22(28)26-27)13-15-6-11-19(21(14-15)32-2)35-25(31)20-5-4-12-34-20/h4-14H,3H2,1-2H3,(H,26,28)/b18-13-. The Bertz CT molecular complexity index is 1310. The second-order valence-corrected chi connectivity index (χ2v) is 7.18. The van der Waals surface area contributed by atoms with Crippen molar-refractivity contribution in [1.82, 2.24) is 5.43 Å². The highest BCUT2D eigenvalue weighted by Crippen LogP contribution is 2.30. The van der Waals surface area contributed by atoms with E-state index in [2.05, 4.69) is 5.43 Å². The molecular formula is C25H20N2O8. The maximum Gasteiger partial charge on any atom is 0.379 e. The summed E-state index contributed by atoms with van der Waals surface area (Å²) in [5.74, 6) is -1.97. The summed E-state index contributed by atoms with van der Waals surface area (Å²) in [7, 11) is 1.39. The molecule has 0 spiro atoms. The zero-order valence-corrected chi connectivity index (χ0v) is 18.8. The van der Waals surface area contributed by atoms with Crippen molar-refractivity contribution in [3.05, 3.63) is 83.3 Å². The zero-order chi connectivity index (χ0) is 24.9. The lowest BCUT2D eigenvalue weighted by Gasteiger charge is -2.14. The van der Waals surface area contributed by atoms with Crippen molar-refractivity contribution < 1.29 is 37.8 Å². The maximum atomic E-state index is 12.9. The molecule has 2 amide bonds. The zero-order valence-electron chi connectivity index (χ0n) is 18.8. The third-order valence-corrected chi connectivity index (χ3v) is 4.95. The monoisotopic (exact) mass is 476 g/mol. The van der Waals surface area contributed by atoms with Gasteiger partial charge in [-0.15, -0.1) is 0 Å². The highest BCUT2D eigenvalue weighted by atomic mass is 16.6. The molecule has 2 aromatic carbocycles. The fourth-order valence-electron chi connectivity index (χ4n) is 3.27. The minimum absolute atomic E-state index is 0.0295. The molecule has 1 saturated heterocycles. The first-order chi connectivity index (χ1) is 16.9. The average molecular weight is 476 g/mol. The van der Waals surface area contributed by atoms with Crippen LogP contribution in [0.5, 0.6) is 11.5 Å². The number of methoxy groups -OCH3 is 1. The van der Waals surface area contributed by atoms with Crippen LogP contribution in [0, 0.1) is 0 Å². The van der Waals surface area contributed by atoms with E-state index in [1.807, 2.05) is 0 Å². The molecule has 178 valence electrons. The molecule has 0 unspecified atom stereocenters. The van der Waals surface area contributed by atoms with Gasteiger partial charge in [-0.1, -0.05) is 6.07 Å². The molecule has 0 saturated carbocycles. The number of ether oxygens (including phenoxy) is 3. The van der Waals surface area contributed by atoms with Crippen molar-refractivity contribution >= 4 is 35.5 Å². The van der Waals surface area contributed by atoms with E-state index in [4.69, 9.17) is 18.6 Å². The van der Waals surface area contributed by atoms with E-state index in [9.17, 15) is 19.2 Å². The van der Waals surface area contributed by atoms with Crippen LogP contribution in [0.2, 0.25) is 0 Å². The fourth-order valence-corrected chi connectivity index (χ4v) is 3.27. The molecule has 1 N–H and O–H groups in total. The van der Waals surface area contributed by atoms with E-state index in [-0.39, 0.29) is 29.4 Å². The first kappa shape index (κ1) is 23.3. The van der Waals surface area contributed by atoms with Gasteiger partial charge in [-0.25, -0.2) is 14.6 Å². The lowest BCUT2D eigenvalue weighted by Crippen LogP contribution is -2.35. The fraction of sp³-hybridized carbons (Fsp3) is 0.120. The minimum atomic E-state index is -0.700. The first-order valence-corrected chi connectivity index (χ1v) is 10.5. The number of esters is 2. The van der Waals surface area contributed by atoms with Crippen LogP contribution in [0.15, 0.2) is 70.9 Å². The molecule has 0 radical (unpaired) electrons. The number of anilines is 1. The van der Waals surface area contributed by atoms with Crippen LogP contribution in [-0.4, -0.2) is 37.5 Å². The van der Waals surface area contributed by atoms with E-state index in [0.717, 1.165) is 5.01 Å². The first-order valence-electron chi connectivity index (χ1n) is 10.5. The summed E-state index contributed by atoms with van der Waals surface area (Å²) in [5, 5.41) is 1.08. The summed E-state index contributed by atoms with van der Waals surface area (Å²) < 4.78 is 20.5. The Labute approximate surface area is 199 Å². The topological polar surface area (TPSA) is 124 Å². The molecule has 0 bridgehead atoms. The third kappa shape index (κ3) is 4.91. The molecule has 1 fully saturated rings. The van der Waals surface area contributed by atoms with E-state index in [0.29, 0.717) is 16.8 Å². The molecule has 0 atom stereocenters. The number of hydrazine groups is 1. The largest absolute Gasteiger partial charge is 0.493 e. The van der Waals surface area contributed by atoms with Crippen LogP contribution in [0.3, 0.4) is 0 Å². The predicted molar refractivity (Wildman–Crippen MR) is 123 cm³/mol. The Hall–Kier alpha value is -4.86. The maximum absolute atomic E-state index is 12.9. The second-order valence-electron chi connectivity index (χ2n) is 7.18. The summed E-state index contributed by atoms with van der Waals surface area (Å²) in [6.45, 7) is 1.95. The molecule has 3 aromatic rings. The van der Waals surface area contributed by atoms with Gasteiger partial charge < -0.3 is 18.6 Å². The number of carbonyl (C=O) groups is 4. The van der Waals surface area contributed by atoms with Gasteiger partial charge in [0.2, 0.25) is 5.76 Å². The van der Waals surface area contributed by atoms with Crippen LogP contribution in [0.4, 0.5) is 5.69 Å². The molecule has 35 heavy (non-hydrogen) atoms. The molecule has 4 rings (SSSR count). The lowest BCUT2D eigenvalue weighted by molar-refractivity contribution is -0.117. The number of hydrogen-bond donors (Lipinski definition) is 1. The highest BCUT2D eigenvalue weighted by molar-refractivity contribution is 6.31.